The number of fused-ring (bicyclic) bond motifs is 1. The summed E-state index contributed by atoms with van der Waals surface area (Å²) >= 11 is 0. The van der Waals surface area contributed by atoms with Gasteiger partial charge in [-0.15, -0.1) is 0 Å². The molecule has 0 saturated carbocycles. The molecule has 8 heteroatoms. The van der Waals surface area contributed by atoms with Crippen LogP contribution in [0.2, 0.25) is 0 Å². The Hall–Kier alpha value is -1.76. The monoisotopic (exact) mass is 340 g/mol. The van der Waals surface area contributed by atoms with Crippen LogP contribution in [0, 0.1) is 0 Å². The van der Waals surface area contributed by atoms with Crippen molar-refractivity contribution in [2.45, 2.75) is 5.53 Å². The zero-order valence-electron chi connectivity index (χ0n) is 12.8. The summed E-state index contributed by atoms with van der Waals surface area (Å²) in [7, 11) is -1.29. The summed E-state index contributed by atoms with van der Waals surface area (Å²) in [6, 6.07) is 9.48. The molecule has 0 atom stereocenters. The van der Waals surface area contributed by atoms with Crippen molar-refractivity contribution >= 4 is 24.3 Å². The van der Waals surface area contributed by atoms with Gasteiger partial charge >= 0.3 is 13.6 Å². The van der Waals surface area contributed by atoms with Crippen molar-refractivity contribution in [3.8, 4) is 0 Å². The minimum absolute atomic E-state index is 0.124. The fourth-order valence-corrected chi connectivity index (χ4v) is 3.54. The van der Waals surface area contributed by atoms with E-state index in [1.54, 1.807) is 24.3 Å². The Morgan fingerprint density at radius 3 is 2.04 bits per heavy atom. The Morgan fingerprint density at radius 2 is 1.57 bits per heavy atom. The van der Waals surface area contributed by atoms with E-state index in [2.05, 4.69) is 0 Å². The number of hydrogen-bond acceptors (Lipinski definition) is 5. The number of ether oxygens (including phenoxy) is 3. The normalized spacial score (nSPS) is 12.4. The lowest BCUT2D eigenvalue weighted by Gasteiger charge is -2.32. The first-order valence-corrected chi connectivity index (χ1v) is 8.20. The number of esters is 1. The summed E-state index contributed by atoms with van der Waals surface area (Å²) in [5.74, 6) is -0.552. The highest BCUT2D eigenvalue weighted by atomic mass is 31.2. The molecule has 0 aliphatic rings. The molecule has 0 spiro atoms. The van der Waals surface area contributed by atoms with Gasteiger partial charge in [-0.3, -0.25) is 4.57 Å². The zero-order chi connectivity index (χ0) is 17.3. The first-order valence-electron chi connectivity index (χ1n) is 6.59. The van der Waals surface area contributed by atoms with Crippen LogP contribution >= 0.6 is 7.60 Å². The van der Waals surface area contributed by atoms with E-state index in [4.69, 9.17) is 14.2 Å². The van der Waals surface area contributed by atoms with Gasteiger partial charge in [0.05, 0.1) is 12.7 Å². The van der Waals surface area contributed by atoms with Crippen molar-refractivity contribution in [1.82, 2.24) is 0 Å². The second kappa shape index (κ2) is 6.39. The molecule has 124 valence electrons. The third kappa shape index (κ3) is 2.78. The van der Waals surface area contributed by atoms with Crippen LogP contribution in [0.1, 0.15) is 15.9 Å². The number of carbonyl (C=O) groups is 1. The second-order valence-electron chi connectivity index (χ2n) is 4.73. The van der Waals surface area contributed by atoms with Crippen LogP contribution in [0.3, 0.4) is 0 Å². The molecular weight excluding hydrogens is 323 g/mol. The molecule has 2 aromatic carbocycles. The van der Waals surface area contributed by atoms with Crippen LogP contribution in [-0.2, 0) is 24.3 Å². The molecule has 0 radical (unpaired) electrons. The van der Waals surface area contributed by atoms with Crippen LogP contribution < -0.4 is 0 Å². The van der Waals surface area contributed by atoms with E-state index in [0.717, 1.165) is 14.2 Å². The van der Waals surface area contributed by atoms with Gasteiger partial charge in [0, 0.05) is 19.8 Å². The SMILES string of the molecule is COC(=O)c1ccc(C(OC)(OC)P(=O)(O)O)c2ccccc12. The second-order valence-corrected chi connectivity index (χ2v) is 6.41. The maximum Gasteiger partial charge on any atom is 0.389 e. The minimum Gasteiger partial charge on any atom is -0.465 e. The van der Waals surface area contributed by atoms with Gasteiger partial charge in [-0.05, 0) is 16.8 Å². The smallest absolute Gasteiger partial charge is 0.389 e. The van der Waals surface area contributed by atoms with Crippen molar-refractivity contribution in [3.63, 3.8) is 0 Å². The molecule has 7 nitrogen and oxygen atoms in total. The topological polar surface area (TPSA) is 102 Å². The quantitative estimate of drug-likeness (QED) is 0.489. The Kier molecular flexibility index (Phi) is 4.89. The van der Waals surface area contributed by atoms with Crippen molar-refractivity contribution in [3.05, 3.63) is 47.5 Å². The van der Waals surface area contributed by atoms with Gasteiger partial charge in [-0.25, -0.2) is 4.79 Å². The third-order valence-corrected chi connectivity index (χ3v) is 4.98. The van der Waals surface area contributed by atoms with Crippen LogP contribution in [0.4, 0.5) is 0 Å². The minimum atomic E-state index is -4.84. The van der Waals surface area contributed by atoms with Gasteiger partial charge in [0.25, 0.3) is 5.53 Å². The lowest BCUT2D eigenvalue weighted by molar-refractivity contribution is -0.161. The molecule has 0 heterocycles. The van der Waals surface area contributed by atoms with Gasteiger partial charge < -0.3 is 24.0 Å². The van der Waals surface area contributed by atoms with Crippen molar-refractivity contribution in [2.24, 2.45) is 0 Å². The molecule has 0 saturated heterocycles. The van der Waals surface area contributed by atoms with E-state index in [0.29, 0.717) is 10.8 Å². The summed E-state index contributed by atoms with van der Waals surface area (Å²) in [5, 5.41) is 0.895. The molecule has 0 unspecified atom stereocenters. The predicted molar refractivity (Wildman–Crippen MR) is 83.0 cm³/mol. The van der Waals surface area contributed by atoms with Crippen LogP contribution in [-0.4, -0.2) is 37.1 Å². The molecule has 0 aliphatic heterocycles. The molecule has 23 heavy (non-hydrogen) atoms. The standard InChI is InChI=1S/C15H17O7P/c1-20-14(16)12-8-9-13(11-7-5-4-6-10(11)12)15(21-2,22-3)23(17,18)19/h4-9H,1-3H3,(H2,17,18,19). The van der Waals surface area contributed by atoms with Crippen LogP contribution in [0.5, 0.6) is 0 Å². The molecule has 0 bridgehead atoms. The number of rotatable bonds is 5. The number of methoxy groups -OCH3 is 3. The molecule has 2 aromatic rings. The lowest BCUT2D eigenvalue weighted by Crippen LogP contribution is -2.31. The summed E-state index contributed by atoms with van der Waals surface area (Å²) in [6.07, 6.45) is 0. The Bertz CT molecular complexity index is 776. The maximum absolute atomic E-state index is 12.0. The van der Waals surface area contributed by atoms with Crippen LogP contribution in [0.15, 0.2) is 36.4 Å². The molecule has 0 amide bonds. The zero-order valence-corrected chi connectivity index (χ0v) is 13.7. The number of carbonyl (C=O) groups excluding carboxylic acids is 1. The average Bonchev–Trinajstić information content (AvgIpc) is 2.54. The van der Waals surface area contributed by atoms with Gasteiger partial charge in [0.1, 0.15) is 0 Å². The molecule has 0 fully saturated rings. The van der Waals surface area contributed by atoms with E-state index in [1.165, 1.54) is 19.2 Å². The highest BCUT2D eigenvalue weighted by Gasteiger charge is 2.51. The number of hydrogen-bond donors (Lipinski definition) is 2. The Balaban J connectivity index is 2.87. The van der Waals surface area contributed by atoms with E-state index < -0.39 is 19.1 Å². The summed E-state index contributed by atoms with van der Waals surface area (Å²) in [6.45, 7) is 0. The summed E-state index contributed by atoms with van der Waals surface area (Å²) in [4.78, 5) is 31.4. The van der Waals surface area contributed by atoms with Crippen LogP contribution in [0.25, 0.3) is 10.8 Å². The largest absolute Gasteiger partial charge is 0.465 e. The summed E-state index contributed by atoms with van der Waals surface area (Å²) < 4.78 is 26.9. The Labute approximate surface area is 132 Å². The van der Waals surface area contributed by atoms with Gasteiger partial charge in [-0.2, -0.15) is 0 Å². The molecule has 0 aliphatic carbocycles. The first-order chi connectivity index (χ1) is 10.8. The van der Waals surface area contributed by atoms with Crippen molar-refractivity contribution in [2.75, 3.05) is 21.3 Å². The predicted octanol–water partition coefficient (Wildman–Crippen LogP) is 2.21. The van der Waals surface area contributed by atoms with E-state index in [9.17, 15) is 19.1 Å². The maximum atomic E-state index is 12.0. The molecule has 2 N–H and O–H groups in total. The number of benzene rings is 2. The van der Waals surface area contributed by atoms with Crippen molar-refractivity contribution < 1.29 is 33.4 Å². The van der Waals surface area contributed by atoms with Gasteiger partial charge in [0.2, 0.25) is 0 Å². The van der Waals surface area contributed by atoms with Gasteiger partial charge in [0.15, 0.2) is 0 Å². The fourth-order valence-electron chi connectivity index (χ4n) is 2.56. The average molecular weight is 340 g/mol. The summed E-state index contributed by atoms with van der Waals surface area (Å²) in [5.41, 5.74) is -1.86. The lowest BCUT2D eigenvalue weighted by atomic mass is 9.99. The molecular formula is C15H17O7P. The molecule has 2 rings (SSSR count). The Morgan fingerprint density at radius 1 is 1.00 bits per heavy atom. The van der Waals surface area contributed by atoms with E-state index in [-0.39, 0.29) is 11.1 Å². The molecule has 0 aromatic heterocycles. The van der Waals surface area contributed by atoms with E-state index >= 15 is 0 Å². The fraction of sp³-hybridized carbons (Fsp3) is 0.267. The highest BCUT2D eigenvalue weighted by molar-refractivity contribution is 7.52. The van der Waals surface area contributed by atoms with Crippen molar-refractivity contribution in [1.29, 1.82) is 0 Å². The third-order valence-electron chi connectivity index (χ3n) is 3.61. The van der Waals surface area contributed by atoms with Gasteiger partial charge in [-0.1, -0.05) is 30.3 Å². The van der Waals surface area contributed by atoms with E-state index in [1.807, 2.05) is 0 Å². The highest BCUT2D eigenvalue weighted by Crippen LogP contribution is 2.59. The first kappa shape index (κ1) is 17.6.